The molecule has 112 valence electrons. The van der Waals surface area contributed by atoms with Crippen LogP contribution in [0.3, 0.4) is 0 Å². The molecule has 21 heavy (non-hydrogen) atoms. The smallest absolute Gasteiger partial charge is 0.184 e. The van der Waals surface area contributed by atoms with Crippen molar-refractivity contribution in [2.24, 2.45) is 7.05 Å². The van der Waals surface area contributed by atoms with E-state index in [1.807, 2.05) is 49.0 Å². The molecular formula is C15H18N2O3S. The van der Waals surface area contributed by atoms with Crippen LogP contribution in [0.5, 0.6) is 0 Å². The summed E-state index contributed by atoms with van der Waals surface area (Å²) in [7, 11) is 1.84. The molecule has 3 rings (SSSR count). The molecule has 0 radical (unpaired) electrons. The van der Waals surface area contributed by atoms with Gasteiger partial charge in [0.2, 0.25) is 0 Å². The van der Waals surface area contributed by atoms with E-state index in [9.17, 15) is 10.2 Å². The average Bonchev–Trinajstić information content (AvgIpc) is 2.94. The molecule has 0 saturated carbocycles. The molecule has 0 bridgehead atoms. The number of aryl methyl sites for hydroxylation is 1. The van der Waals surface area contributed by atoms with Crippen LogP contribution in [-0.2, 0) is 11.8 Å². The number of aliphatic hydroxyl groups is 2. The van der Waals surface area contributed by atoms with E-state index < -0.39 is 18.3 Å². The Labute approximate surface area is 128 Å². The van der Waals surface area contributed by atoms with Gasteiger partial charge in [-0.05, 0) is 31.3 Å². The number of ether oxygens (including phenoxy) is 1. The Morgan fingerprint density at radius 3 is 2.48 bits per heavy atom. The summed E-state index contributed by atoms with van der Waals surface area (Å²) in [5, 5.41) is 19.6. The fourth-order valence-corrected chi connectivity index (χ4v) is 2.83. The number of hydrogen-bond acceptors (Lipinski definition) is 4. The van der Waals surface area contributed by atoms with Gasteiger partial charge in [0.1, 0.15) is 18.3 Å². The highest BCUT2D eigenvalue weighted by atomic mass is 32.1. The van der Waals surface area contributed by atoms with Crippen molar-refractivity contribution in [1.29, 1.82) is 0 Å². The molecule has 0 amide bonds. The van der Waals surface area contributed by atoms with Crippen molar-refractivity contribution in [3.05, 3.63) is 46.5 Å². The monoisotopic (exact) mass is 306 g/mol. The molecule has 5 nitrogen and oxygen atoms in total. The molecule has 0 aliphatic carbocycles. The molecule has 1 aliphatic heterocycles. The van der Waals surface area contributed by atoms with Gasteiger partial charge in [0.05, 0.1) is 12.3 Å². The lowest BCUT2D eigenvalue weighted by Crippen LogP contribution is -2.26. The largest absolute Gasteiger partial charge is 0.388 e. The minimum atomic E-state index is -0.931. The van der Waals surface area contributed by atoms with Gasteiger partial charge in [-0.1, -0.05) is 17.7 Å². The standard InChI is InChI=1S/C15H18N2O3S/c1-9-3-5-10(6-4-9)17-7-11(16(2)15(17)21)14-13(19)12(18)8-20-14/h3-7,12-14,18-19H,8H2,1-2H3. The van der Waals surface area contributed by atoms with E-state index in [1.54, 1.807) is 4.57 Å². The molecule has 2 N–H and O–H groups in total. The highest BCUT2D eigenvalue weighted by molar-refractivity contribution is 7.71. The lowest BCUT2D eigenvalue weighted by atomic mass is 10.1. The first-order valence-corrected chi connectivity index (χ1v) is 7.23. The Hall–Kier alpha value is -1.47. The number of rotatable bonds is 2. The van der Waals surface area contributed by atoms with Crippen LogP contribution in [0.4, 0.5) is 0 Å². The number of benzene rings is 1. The fraction of sp³-hybridized carbons (Fsp3) is 0.400. The summed E-state index contributed by atoms with van der Waals surface area (Å²) < 4.78 is 9.79. The molecule has 1 aromatic carbocycles. The maximum atomic E-state index is 10.0. The van der Waals surface area contributed by atoms with Crippen LogP contribution >= 0.6 is 12.2 Å². The van der Waals surface area contributed by atoms with Crippen LogP contribution in [0.15, 0.2) is 30.5 Å². The first-order valence-electron chi connectivity index (χ1n) is 6.82. The molecule has 6 heteroatoms. The zero-order valence-electron chi connectivity index (χ0n) is 11.9. The van der Waals surface area contributed by atoms with Gasteiger partial charge < -0.3 is 19.5 Å². The molecule has 0 spiro atoms. The summed E-state index contributed by atoms with van der Waals surface area (Å²) >= 11 is 5.46. The van der Waals surface area contributed by atoms with E-state index in [4.69, 9.17) is 17.0 Å². The highest BCUT2D eigenvalue weighted by Gasteiger charge is 2.37. The van der Waals surface area contributed by atoms with E-state index in [2.05, 4.69) is 0 Å². The quantitative estimate of drug-likeness (QED) is 0.828. The zero-order valence-corrected chi connectivity index (χ0v) is 12.7. The Balaban J connectivity index is 2.04. The first-order chi connectivity index (χ1) is 9.99. The molecular weight excluding hydrogens is 288 g/mol. The van der Waals surface area contributed by atoms with Gasteiger partial charge in [-0.2, -0.15) is 0 Å². The molecule has 1 aromatic heterocycles. The number of imidazole rings is 1. The van der Waals surface area contributed by atoms with E-state index in [0.717, 1.165) is 11.4 Å². The first kappa shape index (κ1) is 14.5. The minimum Gasteiger partial charge on any atom is -0.388 e. The summed E-state index contributed by atoms with van der Waals surface area (Å²) in [6.07, 6.45) is -0.483. The van der Waals surface area contributed by atoms with Gasteiger partial charge in [-0.3, -0.25) is 4.57 Å². The maximum Gasteiger partial charge on any atom is 0.184 e. The molecule has 2 heterocycles. The van der Waals surface area contributed by atoms with Crippen LogP contribution in [0.1, 0.15) is 17.4 Å². The lowest BCUT2D eigenvalue weighted by molar-refractivity contribution is 0.0191. The predicted molar refractivity (Wildman–Crippen MR) is 81.0 cm³/mol. The number of aliphatic hydroxyl groups excluding tert-OH is 2. The van der Waals surface area contributed by atoms with Gasteiger partial charge in [-0.25, -0.2) is 0 Å². The fourth-order valence-electron chi connectivity index (χ4n) is 2.56. The van der Waals surface area contributed by atoms with Crippen molar-refractivity contribution in [1.82, 2.24) is 9.13 Å². The van der Waals surface area contributed by atoms with Gasteiger partial charge in [-0.15, -0.1) is 0 Å². The van der Waals surface area contributed by atoms with Gasteiger partial charge >= 0.3 is 0 Å². The summed E-state index contributed by atoms with van der Waals surface area (Å²) in [4.78, 5) is 0. The minimum absolute atomic E-state index is 0.133. The number of aromatic nitrogens is 2. The zero-order chi connectivity index (χ0) is 15.1. The summed E-state index contributed by atoms with van der Waals surface area (Å²) in [5.74, 6) is 0. The second kappa shape index (κ2) is 5.38. The third-order valence-corrected chi connectivity index (χ3v) is 4.37. The van der Waals surface area contributed by atoms with Crippen LogP contribution in [0.2, 0.25) is 0 Å². The molecule has 1 aliphatic rings. The van der Waals surface area contributed by atoms with Crippen molar-refractivity contribution in [2.75, 3.05) is 6.61 Å². The second-order valence-corrected chi connectivity index (χ2v) is 5.78. The van der Waals surface area contributed by atoms with Crippen LogP contribution in [-0.4, -0.2) is 38.2 Å². The molecule has 1 fully saturated rings. The van der Waals surface area contributed by atoms with Crippen molar-refractivity contribution in [2.45, 2.75) is 25.2 Å². The second-order valence-electron chi connectivity index (χ2n) is 5.41. The lowest BCUT2D eigenvalue weighted by Gasteiger charge is -2.14. The highest BCUT2D eigenvalue weighted by Crippen LogP contribution is 2.30. The van der Waals surface area contributed by atoms with Crippen molar-refractivity contribution in [3.63, 3.8) is 0 Å². The number of nitrogens with zero attached hydrogens (tertiary/aromatic N) is 2. The van der Waals surface area contributed by atoms with Gasteiger partial charge in [0, 0.05) is 18.9 Å². The Morgan fingerprint density at radius 1 is 1.24 bits per heavy atom. The van der Waals surface area contributed by atoms with E-state index in [1.165, 1.54) is 5.56 Å². The van der Waals surface area contributed by atoms with E-state index in [-0.39, 0.29) is 6.61 Å². The Kier molecular flexibility index (Phi) is 3.71. The van der Waals surface area contributed by atoms with Crippen molar-refractivity contribution < 1.29 is 14.9 Å². The molecule has 1 saturated heterocycles. The predicted octanol–water partition coefficient (Wildman–Crippen LogP) is 1.65. The van der Waals surface area contributed by atoms with Gasteiger partial charge in [0.25, 0.3) is 0 Å². The summed E-state index contributed by atoms with van der Waals surface area (Å²) in [5.41, 5.74) is 2.89. The van der Waals surface area contributed by atoms with Crippen molar-refractivity contribution in [3.8, 4) is 5.69 Å². The summed E-state index contributed by atoms with van der Waals surface area (Å²) in [6.45, 7) is 2.16. The normalized spacial score (nSPS) is 25.4. The summed E-state index contributed by atoms with van der Waals surface area (Å²) in [6, 6.07) is 8.04. The maximum absolute atomic E-state index is 10.0. The third-order valence-electron chi connectivity index (χ3n) is 3.90. The van der Waals surface area contributed by atoms with Crippen LogP contribution in [0, 0.1) is 11.7 Å². The molecule has 3 atom stereocenters. The van der Waals surface area contributed by atoms with Crippen LogP contribution in [0.25, 0.3) is 5.69 Å². The van der Waals surface area contributed by atoms with E-state index in [0.29, 0.717) is 4.77 Å². The molecule has 3 unspecified atom stereocenters. The Morgan fingerprint density at radius 2 is 1.90 bits per heavy atom. The van der Waals surface area contributed by atoms with Crippen LogP contribution < -0.4 is 0 Å². The van der Waals surface area contributed by atoms with E-state index >= 15 is 0 Å². The van der Waals surface area contributed by atoms with Crippen molar-refractivity contribution >= 4 is 12.2 Å². The SMILES string of the molecule is Cc1ccc(-n2cc(C3OCC(O)C3O)n(C)c2=S)cc1. The van der Waals surface area contributed by atoms with Gasteiger partial charge in [0.15, 0.2) is 4.77 Å². The third kappa shape index (κ3) is 2.44. The Bertz CT molecular complexity index is 705. The average molecular weight is 306 g/mol. The number of hydrogen-bond donors (Lipinski definition) is 2. The molecule has 2 aromatic rings. The topological polar surface area (TPSA) is 59.6 Å².